The summed E-state index contributed by atoms with van der Waals surface area (Å²) in [6, 6.07) is 38.3. The molecule has 0 aliphatic carbocycles. The van der Waals surface area contributed by atoms with Crippen LogP contribution in [0.15, 0.2) is 150 Å². The van der Waals surface area contributed by atoms with Gasteiger partial charge in [-0.15, -0.1) is 0 Å². The Morgan fingerprint density at radius 3 is 2.07 bits per heavy atom. The van der Waals surface area contributed by atoms with Gasteiger partial charge in [0.1, 0.15) is 35.7 Å². The molecule has 0 spiro atoms. The molecule has 1 aliphatic heterocycles. The first-order chi connectivity index (χ1) is 36.3. The Morgan fingerprint density at radius 2 is 1.41 bits per heavy atom. The van der Waals surface area contributed by atoms with Crippen molar-refractivity contribution in [1.82, 2.24) is 29.4 Å². The number of fused-ring (bicyclic) bond motifs is 2. The van der Waals surface area contributed by atoms with Crippen LogP contribution in [-0.4, -0.2) is 103 Å². The van der Waals surface area contributed by atoms with Crippen LogP contribution in [0.25, 0.3) is 22.1 Å². The van der Waals surface area contributed by atoms with Crippen LogP contribution in [-0.2, 0) is 45.7 Å². The van der Waals surface area contributed by atoms with Gasteiger partial charge in [0.15, 0.2) is 21.0 Å². The lowest BCUT2D eigenvalue weighted by molar-refractivity contribution is -0.120. The first-order valence-corrected chi connectivity index (χ1v) is 25.8. The summed E-state index contributed by atoms with van der Waals surface area (Å²) >= 11 is 0. The molecule has 388 valence electrons. The molecule has 1 aliphatic rings. The molecule has 9 rings (SSSR count). The Kier molecular flexibility index (Phi) is 15.4. The van der Waals surface area contributed by atoms with Crippen LogP contribution in [0.4, 0.5) is 10.7 Å². The topological polar surface area (TPSA) is 233 Å². The lowest BCUT2D eigenvalue weighted by Gasteiger charge is -2.37. The average molecular weight is 1040 g/mol. The van der Waals surface area contributed by atoms with Gasteiger partial charge < -0.3 is 33.7 Å². The maximum absolute atomic E-state index is 13.3. The molecule has 4 heterocycles. The number of H-pyrrole nitrogens is 1. The minimum absolute atomic E-state index is 0.00545. The molecular formula is C55H55N7O12S. The molecular weight excluding hydrogens is 983 g/mol. The molecule has 20 heteroatoms. The van der Waals surface area contributed by atoms with Gasteiger partial charge in [-0.2, -0.15) is 4.98 Å². The standard InChI is InChI=1S/C55H55N7O12S/c1-35-30-49(74-46(35)33-73-55(37-10-6-5-7-11-37,38-14-18-40(69-2)19-15-38)39-16-20-41(70-3)21-17-39)62-34-57-50-51(62)59-53(60-52(50)65)58-47(63)26-27-56-48(64)31-36-32-61(45-13-9-8-12-44(36)45)54(66)72-28-29-75(67,68)43-24-22-42(71-4)23-25-43/h5-25,32,34-35,46,49H,26-31,33H2,1-4H3,(H,56,64)(H2,58,59,60,63,65)/t35?,46-,49-/m1/s1. The van der Waals surface area contributed by atoms with E-state index in [0.29, 0.717) is 40.1 Å². The number of hydrogen-bond donors (Lipinski definition) is 3. The van der Waals surface area contributed by atoms with Crippen LogP contribution in [0.5, 0.6) is 17.2 Å². The third-order valence-corrected chi connectivity index (χ3v) is 14.9. The van der Waals surface area contributed by atoms with E-state index in [4.69, 9.17) is 28.4 Å². The monoisotopic (exact) mass is 1040 g/mol. The number of rotatable bonds is 20. The fourth-order valence-corrected chi connectivity index (χ4v) is 10.3. The van der Waals surface area contributed by atoms with Gasteiger partial charge in [0.2, 0.25) is 17.8 Å². The average Bonchev–Trinajstić information content (AvgIpc) is 4.15. The van der Waals surface area contributed by atoms with Crippen LogP contribution in [0, 0.1) is 5.92 Å². The predicted octanol–water partition coefficient (Wildman–Crippen LogP) is 7.18. The summed E-state index contributed by atoms with van der Waals surface area (Å²) in [4.78, 5) is 64.5. The number of imidazole rings is 1. The van der Waals surface area contributed by atoms with E-state index in [1.807, 2.05) is 78.9 Å². The molecule has 5 aromatic carbocycles. The Balaban J connectivity index is 0.823. The summed E-state index contributed by atoms with van der Waals surface area (Å²) in [5.74, 6) is 0.395. The van der Waals surface area contributed by atoms with Crippen molar-refractivity contribution in [2.24, 2.45) is 5.92 Å². The minimum atomic E-state index is -3.75. The van der Waals surface area contributed by atoms with Gasteiger partial charge in [-0.3, -0.25) is 33.8 Å². The summed E-state index contributed by atoms with van der Waals surface area (Å²) in [5.41, 5.74) is 2.26. The molecule has 3 atom stereocenters. The molecule has 1 saturated heterocycles. The predicted molar refractivity (Wildman–Crippen MR) is 278 cm³/mol. The van der Waals surface area contributed by atoms with E-state index in [2.05, 4.69) is 32.5 Å². The molecule has 1 fully saturated rings. The van der Waals surface area contributed by atoms with Crippen LogP contribution in [0.1, 0.15) is 48.2 Å². The number of hydrogen-bond acceptors (Lipinski definition) is 14. The summed E-state index contributed by atoms with van der Waals surface area (Å²) in [6.07, 6.45) is 1.42. The number of benzene rings is 5. The van der Waals surface area contributed by atoms with Gasteiger partial charge in [0.05, 0.1) is 63.0 Å². The maximum Gasteiger partial charge on any atom is 0.418 e. The highest BCUT2D eigenvalue weighted by Crippen LogP contribution is 2.43. The van der Waals surface area contributed by atoms with Crippen LogP contribution < -0.4 is 30.4 Å². The van der Waals surface area contributed by atoms with Gasteiger partial charge in [0, 0.05) is 24.5 Å². The largest absolute Gasteiger partial charge is 0.497 e. The van der Waals surface area contributed by atoms with E-state index < -0.39 is 63.6 Å². The van der Waals surface area contributed by atoms with Gasteiger partial charge in [-0.25, -0.2) is 18.2 Å². The number of aromatic amines is 1. The van der Waals surface area contributed by atoms with Crippen molar-refractivity contribution in [3.63, 3.8) is 0 Å². The number of nitrogens with zero attached hydrogens (tertiary/aromatic N) is 4. The summed E-state index contributed by atoms with van der Waals surface area (Å²) in [5, 5.41) is 5.97. The molecule has 19 nitrogen and oxygen atoms in total. The zero-order chi connectivity index (χ0) is 52.7. The molecule has 0 saturated carbocycles. The minimum Gasteiger partial charge on any atom is -0.497 e. The highest BCUT2D eigenvalue weighted by atomic mass is 32.2. The number of nitrogens with one attached hydrogen (secondary N) is 3. The second-order valence-corrected chi connectivity index (χ2v) is 20.0. The van der Waals surface area contributed by atoms with Crippen molar-refractivity contribution in [3.8, 4) is 17.2 Å². The number of para-hydroxylation sites is 1. The number of aromatic nitrogens is 5. The van der Waals surface area contributed by atoms with Crippen molar-refractivity contribution < 1.29 is 51.2 Å². The number of carbonyl (C=O) groups excluding carboxylic acids is 3. The lowest BCUT2D eigenvalue weighted by atomic mass is 9.80. The number of carbonyl (C=O) groups is 3. The summed E-state index contributed by atoms with van der Waals surface area (Å²) in [6.45, 7) is 1.80. The van der Waals surface area contributed by atoms with Crippen LogP contribution in [0.3, 0.4) is 0 Å². The number of anilines is 1. The number of sulfone groups is 1. The third kappa shape index (κ3) is 11.1. The Bertz CT molecular complexity index is 3440. The Morgan fingerprint density at radius 1 is 0.800 bits per heavy atom. The van der Waals surface area contributed by atoms with E-state index in [9.17, 15) is 27.6 Å². The normalized spacial score (nSPS) is 15.7. The molecule has 8 aromatic rings. The molecule has 2 amide bonds. The van der Waals surface area contributed by atoms with Crippen molar-refractivity contribution in [2.45, 2.75) is 49.0 Å². The fraction of sp³-hybridized carbons (Fsp3) is 0.273. The summed E-state index contributed by atoms with van der Waals surface area (Å²) < 4.78 is 63.9. The third-order valence-electron chi connectivity index (χ3n) is 13.2. The van der Waals surface area contributed by atoms with Crippen molar-refractivity contribution in [2.75, 3.05) is 52.2 Å². The first kappa shape index (κ1) is 51.6. The maximum atomic E-state index is 13.3. The van der Waals surface area contributed by atoms with Gasteiger partial charge in [-0.05, 0) is 89.2 Å². The smallest absolute Gasteiger partial charge is 0.418 e. The fourth-order valence-electron chi connectivity index (χ4n) is 9.22. The van der Waals surface area contributed by atoms with Gasteiger partial charge >= 0.3 is 6.09 Å². The Labute approximate surface area is 431 Å². The highest BCUT2D eigenvalue weighted by Gasteiger charge is 2.42. The summed E-state index contributed by atoms with van der Waals surface area (Å²) in [7, 11) is 0.969. The Hall–Kier alpha value is -8.33. The van der Waals surface area contributed by atoms with E-state index in [1.165, 1.54) is 48.5 Å². The van der Waals surface area contributed by atoms with E-state index in [0.717, 1.165) is 16.7 Å². The first-order valence-electron chi connectivity index (χ1n) is 24.1. The van der Waals surface area contributed by atoms with Gasteiger partial charge in [-0.1, -0.05) is 79.7 Å². The quantitative estimate of drug-likeness (QED) is 0.0642. The van der Waals surface area contributed by atoms with Gasteiger partial charge in [0.25, 0.3) is 5.56 Å². The van der Waals surface area contributed by atoms with Crippen molar-refractivity contribution in [1.29, 1.82) is 0 Å². The lowest BCUT2D eigenvalue weighted by Crippen LogP contribution is -2.36. The van der Waals surface area contributed by atoms with Crippen LogP contribution in [0.2, 0.25) is 0 Å². The molecule has 3 aromatic heterocycles. The molecule has 3 N–H and O–H groups in total. The number of ether oxygens (including phenoxy) is 6. The van der Waals surface area contributed by atoms with E-state index in [-0.39, 0.29) is 53.9 Å². The second-order valence-electron chi connectivity index (χ2n) is 17.9. The zero-order valence-electron chi connectivity index (χ0n) is 41.6. The number of amides is 2. The number of methoxy groups -OCH3 is 3. The van der Waals surface area contributed by atoms with E-state index >= 15 is 0 Å². The SMILES string of the molecule is COc1ccc(C(OC[C@H]2O[C@@H](n3cnc4c(=O)[nH]c(NC(=O)CCNC(=O)Cc5cn(C(=O)OCCS(=O)(=O)c6ccc(OC)cc6)c6ccccc56)nc43)CC2C)(c2ccccc2)c2ccc(OC)cc2)cc1. The molecule has 75 heavy (non-hydrogen) atoms. The molecule has 1 unspecified atom stereocenters. The van der Waals surface area contributed by atoms with E-state index in [1.54, 1.807) is 43.1 Å². The van der Waals surface area contributed by atoms with Crippen molar-refractivity contribution in [3.05, 3.63) is 173 Å². The molecule has 0 bridgehead atoms. The van der Waals surface area contributed by atoms with Crippen molar-refractivity contribution >= 4 is 55.8 Å². The zero-order valence-corrected chi connectivity index (χ0v) is 42.4. The second kappa shape index (κ2) is 22.4. The van der Waals surface area contributed by atoms with Crippen LogP contribution >= 0.6 is 0 Å². The molecule has 0 radical (unpaired) electrons. The highest BCUT2D eigenvalue weighted by molar-refractivity contribution is 7.91.